The number of benzene rings is 2. The highest BCUT2D eigenvalue weighted by Crippen LogP contribution is 2.32. The SMILES string of the molecule is C#CCNC(=O)c1cccc(NS(=O)(=O)c2ccc3c(c2)OCCCO3)c1. The maximum Gasteiger partial charge on any atom is 0.262 e. The number of amides is 1. The maximum absolute atomic E-state index is 12.7. The van der Waals surface area contributed by atoms with Crippen LogP contribution in [-0.2, 0) is 10.0 Å². The van der Waals surface area contributed by atoms with Crippen LogP contribution in [-0.4, -0.2) is 34.1 Å². The number of fused-ring (bicyclic) bond motifs is 1. The van der Waals surface area contributed by atoms with Crippen LogP contribution in [0.4, 0.5) is 5.69 Å². The Bertz CT molecular complexity index is 995. The molecule has 2 aromatic rings. The van der Waals surface area contributed by atoms with Crippen LogP contribution in [0.1, 0.15) is 16.8 Å². The van der Waals surface area contributed by atoms with Crippen LogP contribution in [0.25, 0.3) is 0 Å². The first kappa shape index (κ1) is 18.6. The first-order chi connectivity index (χ1) is 13.0. The number of ether oxygens (including phenoxy) is 2. The highest BCUT2D eigenvalue weighted by molar-refractivity contribution is 7.92. The Morgan fingerprint density at radius 2 is 1.89 bits per heavy atom. The van der Waals surface area contributed by atoms with Crippen molar-refractivity contribution in [3.8, 4) is 23.8 Å². The molecule has 2 N–H and O–H groups in total. The molecule has 1 heterocycles. The minimum Gasteiger partial charge on any atom is -0.490 e. The van der Waals surface area contributed by atoms with E-state index in [-0.39, 0.29) is 23.0 Å². The number of terminal acetylenes is 1. The predicted octanol–water partition coefficient (Wildman–Crippen LogP) is 2.01. The van der Waals surface area contributed by atoms with E-state index >= 15 is 0 Å². The zero-order chi connectivity index (χ0) is 19.3. The Morgan fingerprint density at radius 1 is 1.11 bits per heavy atom. The number of carbonyl (C=O) groups is 1. The van der Waals surface area contributed by atoms with E-state index in [1.165, 1.54) is 18.2 Å². The van der Waals surface area contributed by atoms with E-state index in [1.807, 2.05) is 0 Å². The fraction of sp³-hybridized carbons (Fsp3) is 0.211. The molecule has 0 saturated heterocycles. The second-order valence-electron chi connectivity index (χ2n) is 5.73. The molecular weight excluding hydrogens is 368 g/mol. The second-order valence-corrected chi connectivity index (χ2v) is 7.41. The highest BCUT2D eigenvalue weighted by atomic mass is 32.2. The van der Waals surface area contributed by atoms with Gasteiger partial charge in [0, 0.05) is 23.7 Å². The third-order valence-corrected chi connectivity index (χ3v) is 5.14. The van der Waals surface area contributed by atoms with Gasteiger partial charge in [-0.3, -0.25) is 9.52 Å². The van der Waals surface area contributed by atoms with Crippen molar-refractivity contribution in [1.29, 1.82) is 0 Å². The van der Waals surface area contributed by atoms with E-state index in [9.17, 15) is 13.2 Å². The molecule has 1 aliphatic heterocycles. The third-order valence-electron chi connectivity index (χ3n) is 3.76. The summed E-state index contributed by atoms with van der Waals surface area (Å²) in [5, 5.41) is 2.53. The van der Waals surface area contributed by atoms with Gasteiger partial charge in [-0.2, -0.15) is 0 Å². The number of carbonyl (C=O) groups excluding carboxylic acids is 1. The smallest absolute Gasteiger partial charge is 0.262 e. The van der Waals surface area contributed by atoms with E-state index in [0.717, 1.165) is 6.42 Å². The predicted molar refractivity (Wildman–Crippen MR) is 100 cm³/mol. The molecule has 0 fully saturated rings. The lowest BCUT2D eigenvalue weighted by Gasteiger charge is -2.12. The Hall–Kier alpha value is -3.18. The van der Waals surface area contributed by atoms with E-state index in [2.05, 4.69) is 16.0 Å². The van der Waals surface area contributed by atoms with Crippen molar-refractivity contribution < 1.29 is 22.7 Å². The number of sulfonamides is 1. The van der Waals surface area contributed by atoms with Crippen molar-refractivity contribution in [3.05, 3.63) is 48.0 Å². The summed E-state index contributed by atoms with van der Waals surface area (Å²) in [5.41, 5.74) is 0.555. The van der Waals surface area contributed by atoms with Crippen molar-refractivity contribution in [2.24, 2.45) is 0 Å². The average Bonchev–Trinajstić information content (AvgIpc) is 2.90. The van der Waals surface area contributed by atoms with Crippen molar-refractivity contribution in [3.63, 3.8) is 0 Å². The average molecular weight is 386 g/mol. The van der Waals surface area contributed by atoms with Gasteiger partial charge >= 0.3 is 0 Å². The van der Waals surface area contributed by atoms with E-state index in [0.29, 0.717) is 30.3 Å². The number of hydrogen-bond acceptors (Lipinski definition) is 5. The molecule has 27 heavy (non-hydrogen) atoms. The molecule has 1 aliphatic rings. The van der Waals surface area contributed by atoms with Crippen molar-refractivity contribution >= 4 is 21.6 Å². The molecule has 8 heteroatoms. The summed E-state index contributed by atoms with van der Waals surface area (Å²) in [5.74, 6) is 2.82. The minimum absolute atomic E-state index is 0.0361. The molecule has 7 nitrogen and oxygen atoms in total. The van der Waals surface area contributed by atoms with E-state index in [4.69, 9.17) is 15.9 Å². The summed E-state index contributed by atoms with van der Waals surface area (Å²) in [6.07, 6.45) is 5.84. The first-order valence-corrected chi connectivity index (χ1v) is 9.72. The van der Waals surface area contributed by atoms with Gasteiger partial charge < -0.3 is 14.8 Å². The lowest BCUT2D eigenvalue weighted by molar-refractivity contribution is 0.0958. The van der Waals surface area contributed by atoms with Crippen LogP contribution in [0.2, 0.25) is 0 Å². The van der Waals surface area contributed by atoms with E-state index in [1.54, 1.807) is 24.3 Å². The minimum atomic E-state index is -3.87. The Balaban J connectivity index is 1.82. The van der Waals surface area contributed by atoms with Gasteiger partial charge in [0.05, 0.1) is 24.7 Å². The molecule has 0 aliphatic carbocycles. The summed E-state index contributed by atoms with van der Waals surface area (Å²) >= 11 is 0. The summed E-state index contributed by atoms with van der Waals surface area (Å²) < 4.78 is 38.9. The van der Waals surface area contributed by atoms with Crippen LogP contribution in [0.3, 0.4) is 0 Å². The van der Waals surface area contributed by atoms with E-state index < -0.39 is 10.0 Å². The van der Waals surface area contributed by atoms with Gasteiger partial charge in [-0.05, 0) is 30.3 Å². The number of anilines is 1. The summed E-state index contributed by atoms with van der Waals surface area (Å²) in [6, 6.07) is 10.6. The van der Waals surface area contributed by atoms with Gasteiger partial charge in [0.2, 0.25) is 0 Å². The zero-order valence-electron chi connectivity index (χ0n) is 14.4. The van der Waals surface area contributed by atoms with Gasteiger partial charge in [-0.15, -0.1) is 6.42 Å². The maximum atomic E-state index is 12.7. The quantitative estimate of drug-likeness (QED) is 0.767. The molecule has 0 unspecified atom stereocenters. The molecule has 0 radical (unpaired) electrons. The number of rotatable bonds is 5. The summed E-state index contributed by atoms with van der Waals surface area (Å²) in [4.78, 5) is 12.0. The first-order valence-electron chi connectivity index (χ1n) is 8.24. The van der Waals surface area contributed by atoms with Gasteiger partial charge in [-0.1, -0.05) is 12.0 Å². The van der Waals surface area contributed by atoms with Gasteiger partial charge in [-0.25, -0.2) is 8.42 Å². The third kappa shape index (κ3) is 4.51. The lowest BCUT2D eigenvalue weighted by Crippen LogP contribution is -2.23. The Kier molecular flexibility index (Phi) is 5.52. The normalized spacial score (nSPS) is 13.1. The summed E-state index contributed by atoms with van der Waals surface area (Å²) in [6.45, 7) is 1.07. The molecule has 2 aromatic carbocycles. The topological polar surface area (TPSA) is 93.7 Å². The van der Waals surface area contributed by atoms with Crippen LogP contribution in [0.5, 0.6) is 11.5 Å². The lowest BCUT2D eigenvalue weighted by atomic mass is 10.2. The van der Waals surface area contributed by atoms with Crippen LogP contribution >= 0.6 is 0 Å². The molecule has 0 aromatic heterocycles. The largest absolute Gasteiger partial charge is 0.490 e. The molecule has 0 atom stereocenters. The van der Waals surface area contributed by atoms with Gasteiger partial charge in [0.1, 0.15) is 0 Å². The van der Waals surface area contributed by atoms with Crippen molar-refractivity contribution in [1.82, 2.24) is 5.32 Å². The second kappa shape index (κ2) is 8.01. The van der Waals surface area contributed by atoms with Crippen LogP contribution in [0, 0.1) is 12.3 Å². The van der Waals surface area contributed by atoms with Crippen molar-refractivity contribution in [2.45, 2.75) is 11.3 Å². The monoisotopic (exact) mass is 386 g/mol. The highest BCUT2D eigenvalue weighted by Gasteiger charge is 2.19. The fourth-order valence-electron chi connectivity index (χ4n) is 2.48. The number of hydrogen-bond donors (Lipinski definition) is 2. The Morgan fingerprint density at radius 3 is 2.67 bits per heavy atom. The van der Waals surface area contributed by atoms with Crippen LogP contribution < -0.4 is 19.5 Å². The van der Waals surface area contributed by atoms with Crippen molar-refractivity contribution in [2.75, 3.05) is 24.5 Å². The van der Waals surface area contributed by atoms with Gasteiger partial charge in [0.25, 0.3) is 15.9 Å². The molecule has 140 valence electrons. The Labute approximate surface area is 157 Å². The molecule has 0 spiro atoms. The molecular formula is C19H18N2O5S. The summed E-state index contributed by atoms with van der Waals surface area (Å²) in [7, 11) is -3.87. The van der Waals surface area contributed by atoms with Gasteiger partial charge in [0.15, 0.2) is 11.5 Å². The molecule has 1 amide bonds. The molecule has 0 bridgehead atoms. The zero-order valence-corrected chi connectivity index (χ0v) is 15.2. The number of nitrogens with one attached hydrogen (secondary N) is 2. The molecule has 3 rings (SSSR count). The van der Waals surface area contributed by atoms with Crippen LogP contribution in [0.15, 0.2) is 47.4 Å². The standard InChI is InChI=1S/C19H18N2O5S/c1-2-9-20-19(22)14-5-3-6-15(12-14)21-27(23,24)16-7-8-17-18(13-16)26-11-4-10-25-17/h1,3,5-8,12-13,21H,4,9-11H2,(H,20,22). The molecule has 0 saturated carbocycles. The fourth-order valence-corrected chi connectivity index (χ4v) is 3.55.